The highest BCUT2D eigenvalue weighted by Gasteiger charge is 2.28. The summed E-state index contributed by atoms with van der Waals surface area (Å²) < 4.78 is 22.2. The van der Waals surface area contributed by atoms with Crippen molar-refractivity contribution < 1.29 is 18.9 Å². The maximum Gasteiger partial charge on any atom is 0.231 e. The average molecular weight is 332 g/mol. The van der Waals surface area contributed by atoms with Crippen molar-refractivity contribution >= 4 is 0 Å². The third kappa shape index (κ3) is 3.02. The molecule has 8 nitrogen and oxygen atoms in total. The van der Waals surface area contributed by atoms with Crippen LogP contribution in [0.3, 0.4) is 0 Å². The van der Waals surface area contributed by atoms with Crippen LogP contribution in [0.25, 0.3) is 0 Å². The number of aromatic amines is 1. The Bertz CT molecular complexity index is 692. The molecular formula is C16H20N4O4. The van der Waals surface area contributed by atoms with Crippen LogP contribution >= 0.6 is 0 Å². The van der Waals surface area contributed by atoms with Crippen LogP contribution in [-0.4, -0.2) is 41.7 Å². The van der Waals surface area contributed by atoms with E-state index in [2.05, 4.69) is 20.5 Å². The summed E-state index contributed by atoms with van der Waals surface area (Å²) >= 11 is 0. The number of ether oxygens (including phenoxy) is 4. The fraction of sp³-hybridized carbons (Fsp3) is 0.500. The Balaban J connectivity index is 1.32. The van der Waals surface area contributed by atoms with Crippen LogP contribution < -0.4 is 19.5 Å². The highest BCUT2D eigenvalue weighted by molar-refractivity contribution is 5.51. The van der Waals surface area contributed by atoms with E-state index in [9.17, 15) is 0 Å². The molecule has 0 saturated carbocycles. The van der Waals surface area contributed by atoms with E-state index >= 15 is 0 Å². The van der Waals surface area contributed by atoms with Crippen molar-refractivity contribution in [1.82, 2.24) is 20.5 Å². The zero-order valence-electron chi connectivity index (χ0n) is 13.4. The van der Waals surface area contributed by atoms with Gasteiger partial charge in [-0.2, -0.15) is 5.10 Å². The van der Waals surface area contributed by atoms with E-state index in [1.165, 1.54) is 6.33 Å². The number of hydrogen-bond acceptors (Lipinski definition) is 7. The molecular weight excluding hydrogens is 312 g/mol. The molecule has 0 spiro atoms. The molecule has 2 atom stereocenters. The van der Waals surface area contributed by atoms with Crippen molar-refractivity contribution in [3.63, 3.8) is 0 Å². The molecule has 1 saturated heterocycles. The van der Waals surface area contributed by atoms with E-state index < -0.39 is 0 Å². The Morgan fingerprint density at radius 3 is 2.96 bits per heavy atom. The second-order valence-electron chi connectivity index (χ2n) is 5.84. The van der Waals surface area contributed by atoms with Crippen molar-refractivity contribution in [2.45, 2.75) is 31.6 Å². The number of fused-ring (bicyclic) bond motifs is 1. The Morgan fingerprint density at radius 1 is 1.29 bits per heavy atom. The smallest absolute Gasteiger partial charge is 0.231 e. The minimum atomic E-state index is 0.0133. The van der Waals surface area contributed by atoms with Gasteiger partial charge in [0.05, 0.1) is 13.2 Å². The minimum absolute atomic E-state index is 0.0133. The van der Waals surface area contributed by atoms with Gasteiger partial charge in [-0.25, -0.2) is 4.98 Å². The van der Waals surface area contributed by atoms with Gasteiger partial charge in [-0.15, -0.1) is 0 Å². The normalized spacial score (nSPS) is 22.0. The fourth-order valence-corrected chi connectivity index (χ4v) is 3.09. The van der Waals surface area contributed by atoms with Gasteiger partial charge in [-0.05, 0) is 18.9 Å². The number of methoxy groups -OCH3 is 1. The summed E-state index contributed by atoms with van der Waals surface area (Å²) in [6.45, 7) is 1.70. The van der Waals surface area contributed by atoms with Gasteiger partial charge >= 0.3 is 0 Å². The maximum absolute atomic E-state index is 6.00. The van der Waals surface area contributed by atoms with Crippen LogP contribution in [0, 0.1) is 0 Å². The Hall–Kier alpha value is -2.32. The summed E-state index contributed by atoms with van der Waals surface area (Å²) in [5.74, 6) is 3.08. The minimum Gasteiger partial charge on any atom is -0.496 e. The van der Waals surface area contributed by atoms with E-state index in [-0.39, 0.29) is 19.0 Å². The van der Waals surface area contributed by atoms with Crippen molar-refractivity contribution in [2.24, 2.45) is 0 Å². The van der Waals surface area contributed by atoms with Crippen LogP contribution in [0.5, 0.6) is 17.2 Å². The summed E-state index contributed by atoms with van der Waals surface area (Å²) in [6, 6.07) is 3.83. The van der Waals surface area contributed by atoms with Gasteiger partial charge in [0.25, 0.3) is 0 Å². The zero-order chi connectivity index (χ0) is 16.4. The molecule has 0 radical (unpaired) electrons. The highest BCUT2D eigenvalue weighted by Crippen LogP contribution is 2.38. The van der Waals surface area contributed by atoms with Gasteiger partial charge in [-0.3, -0.25) is 5.10 Å². The van der Waals surface area contributed by atoms with Crippen molar-refractivity contribution in [3.05, 3.63) is 29.8 Å². The first-order valence-electron chi connectivity index (χ1n) is 8.01. The van der Waals surface area contributed by atoms with Gasteiger partial charge in [0.1, 0.15) is 18.2 Å². The Kier molecular flexibility index (Phi) is 4.22. The monoisotopic (exact) mass is 332 g/mol. The predicted octanol–water partition coefficient (Wildman–Crippen LogP) is 1.55. The highest BCUT2D eigenvalue weighted by atomic mass is 16.7. The largest absolute Gasteiger partial charge is 0.496 e. The molecule has 1 aromatic carbocycles. The first-order chi connectivity index (χ1) is 11.8. The average Bonchev–Trinajstić information content (AvgIpc) is 3.34. The number of benzene rings is 1. The van der Waals surface area contributed by atoms with Crippen LogP contribution in [-0.2, 0) is 11.3 Å². The first-order valence-corrected chi connectivity index (χ1v) is 8.01. The van der Waals surface area contributed by atoms with Crippen molar-refractivity contribution in [3.8, 4) is 17.2 Å². The van der Waals surface area contributed by atoms with E-state index in [0.29, 0.717) is 6.54 Å². The molecule has 0 unspecified atom stereocenters. The Morgan fingerprint density at radius 2 is 2.17 bits per heavy atom. The molecule has 1 aromatic heterocycles. The molecule has 2 aliphatic rings. The van der Waals surface area contributed by atoms with E-state index in [1.807, 2.05) is 12.1 Å². The molecule has 0 bridgehead atoms. The van der Waals surface area contributed by atoms with Gasteiger partial charge in [0.2, 0.25) is 6.79 Å². The van der Waals surface area contributed by atoms with Gasteiger partial charge in [-0.1, -0.05) is 0 Å². The molecule has 24 heavy (non-hydrogen) atoms. The van der Waals surface area contributed by atoms with Gasteiger partial charge < -0.3 is 24.3 Å². The Labute approximate surface area is 139 Å². The SMILES string of the molecule is COc1cc2c(cc1CNC[C@H]1CC[C@@H](c3ncn[nH]3)O1)OCO2. The molecule has 0 amide bonds. The number of aromatic nitrogens is 3. The van der Waals surface area contributed by atoms with Gasteiger partial charge in [0.15, 0.2) is 17.3 Å². The summed E-state index contributed by atoms with van der Waals surface area (Å²) in [6.07, 6.45) is 3.64. The third-order valence-corrected chi connectivity index (χ3v) is 4.31. The molecule has 1 fully saturated rings. The standard InChI is InChI=1S/C16H20N4O4/c1-21-13-5-15-14(22-9-23-15)4-10(13)6-17-7-11-2-3-12(24-11)16-18-8-19-20-16/h4-5,8,11-12,17H,2-3,6-7,9H2,1H3,(H,18,19,20)/t11-,12+/m1/s1. The van der Waals surface area contributed by atoms with Gasteiger partial charge in [0, 0.05) is 24.7 Å². The van der Waals surface area contributed by atoms with Crippen LogP contribution in [0.4, 0.5) is 0 Å². The third-order valence-electron chi connectivity index (χ3n) is 4.31. The molecule has 8 heteroatoms. The molecule has 0 aliphatic carbocycles. The molecule has 4 rings (SSSR count). The number of rotatable bonds is 6. The van der Waals surface area contributed by atoms with Crippen molar-refractivity contribution in [1.29, 1.82) is 0 Å². The lowest BCUT2D eigenvalue weighted by molar-refractivity contribution is 0.0401. The topological polar surface area (TPSA) is 90.5 Å². The lowest BCUT2D eigenvalue weighted by Gasteiger charge is -2.14. The number of H-pyrrole nitrogens is 1. The first kappa shape index (κ1) is 15.2. The molecule has 2 aliphatic heterocycles. The second kappa shape index (κ2) is 6.66. The van der Waals surface area contributed by atoms with Crippen LogP contribution in [0.1, 0.15) is 30.3 Å². The number of nitrogens with one attached hydrogen (secondary N) is 2. The summed E-state index contributed by atoms with van der Waals surface area (Å²) in [5.41, 5.74) is 1.03. The summed E-state index contributed by atoms with van der Waals surface area (Å²) in [4.78, 5) is 4.16. The maximum atomic E-state index is 6.00. The summed E-state index contributed by atoms with van der Waals surface area (Å²) in [5, 5.41) is 10.2. The lowest BCUT2D eigenvalue weighted by Crippen LogP contribution is -2.26. The molecule has 2 N–H and O–H groups in total. The zero-order valence-corrected chi connectivity index (χ0v) is 13.4. The van der Waals surface area contributed by atoms with Crippen LogP contribution in [0.2, 0.25) is 0 Å². The predicted molar refractivity (Wildman–Crippen MR) is 84.1 cm³/mol. The second-order valence-corrected chi connectivity index (χ2v) is 5.84. The number of hydrogen-bond donors (Lipinski definition) is 2. The number of nitrogens with zero attached hydrogens (tertiary/aromatic N) is 2. The lowest BCUT2D eigenvalue weighted by atomic mass is 10.1. The van der Waals surface area contributed by atoms with Crippen molar-refractivity contribution in [2.75, 3.05) is 20.4 Å². The molecule has 128 valence electrons. The quantitative estimate of drug-likeness (QED) is 0.829. The molecule has 2 aromatic rings. The van der Waals surface area contributed by atoms with E-state index in [0.717, 1.165) is 48.0 Å². The molecule has 3 heterocycles. The van der Waals surface area contributed by atoms with E-state index in [1.54, 1.807) is 7.11 Å². The fourth-order valence-electron chi connectivity index (χ4n) is 3.09. The van der Waals surface area contributed by atoms with Crippen LogP contribution in [0.15, 0.2) is 18.5 Å². The summed E-state index contributed by atoms with van der Waals surface area (Å²) in [7, 11) is 1.66. The van der Waals surface area contributed by atoms with E-state index in [4.69, 9.17) is 18.9 Å².